The van der Waals surface area contributed by atoms with Gasteiger partial charge < -0.3 is 10.0 Å². The predicted octanol–water partition coefficient (Wildman–Crippen LogP) is 2.31. The Morgan fingerprint density at radius 3 is 3.05 bits per heavy atom. The van der Waals surface area contributed by atoms with E-state index >= 15 is 0 Å². The molecule has 0 bridgehead atoms. The Labute approximate surface area is 130 Å². The van der Waals surface area contributed by atoms with E-state index in [4.69, 9.17) is 5.11 Å². The molecule has 1 aliphatic rings. The third kappa shape index (κ3) is 4.52. The van der Waals surface area contributed by atoms with Crippen LogP contribution in [-0.4, -0.2) is 47.1 Å². The molecule has 1 aliphatic heterocycles. The summed E-state index contributed by atoms with van der Waals surface area (Å²) in [6, 6.07) is 5.75. The lowest BCUT2D eigenvalue weighted by Crippen LogP contribution is -2.33. The Hall–Kier alpha value is -1.44. The molecule has 0 aliphatic carbocycles. The summed E-state index contributed by atoms with van der Waals surface area (Å²) in [7, 11) is 0. The van der Waals surface area contributed by atoms with Gasteiger partial charge in [-0.05, 0) is 36.8 Å². The van der Waals surface area contributed by atoms with Crippen molar-refractivity contribution in [3.63, 3.8) is 0 Å². The summed E-state index contributed by atoms with van der Waals surface area (Å²) >= 11 is 1.91. The van der Waals surface area contributed by atoms with Crippen LogP contribution in [0.2, 0.25) is 0 Å². The van der Waals surface area contributed by atoms with E-state index in [1.165, 1.54) is 0 Å². The second kappa shape index (κ2) is 8.11. The second-order valence-electron chi connectivity index (χ2n) is 5.06. The molecule has 0 aromatic heterocycles. The molecule has 4 heteroatoms. The summed E-state index contributed by atoms with van der Waals surface area (Å²) in [5.74, 6) is 8.16. The first kappa shape index (κ1) is 15.9. The fraction of sp³-hybridized carbons (Fsp3) is 0.471. The number of amides is 1. The van der Waals surface area contributed by atoms with Gasteiger partial charge in [0.1, 0.15) is 0 Å². The number of hydrogen-bond donors (Lipinski definition) is 1. The van der Waals surface area contributed by atoms with E-state index < -0.39 is 0 Å². The van der Waals surface area contributed by atoms with Gasteiger partial charge in [0, 0.05) is 36.4 Å². The number of rotatable bonds is 2. The van der Waals surface area contributed by atoms with E-state index in [2.05, 4.69) is 11.8 Å². The highest BCUT2D eigenvalue weighted by Gasteiger charge is 2.19. The maximum atomic E-state index is 12.7. The molecule has 1 fully saturated rings. The molecule has 1 aromatic carbocycles. The van der Waals surface area contributed by atoms with E-state index in [1.54, 1.807) is 0 Å². The lowest BCUT2D eigenvalue weighted by molar-refractivity contribution is 0.0768. The minimum absolute atomic E-state index is 0.0656. The Balaban J connectivity index is 2.19. The Bertz CT molecular complexity index is 552. The van der Waals surface area contributed by atoms with Gasteiger partial charge in [0.2, 0.25) is 0 Å². The minimum atomic E-state index is 0.0656. The fourth-order valence-corrected chi connectivity index (χ4v) is 3.16. The SMILES string of the molecule is Cc1ccc(C#CCCO)cc1C(=O)N1CCCSCC1. The average molecular weight is 303 g/mol. The number of carbonyl (C=O) groups is 1. The van der Waals surface area contributed by atoms with Gasteiger partial charge >= 0.3 is 0 Å². The number of aliphatic hydroxyl groups is 1. The molecular formula is C17H21NO2S. The Morgan fingerprint density at radius 1 is 1.38 bits per heavy atom. The monoisotopic (exact) mass is 303 g/mol. The van der Waals surface area contributed by atoms with Crippen molar-refractivity contribution in [1.82, 2.24) is 4.90 Å². The van der Waals surface area contributed by atoms with Gasteiger partial charge in [0.05, 0.1) is 6.61 Å². The first-order valence-electron chi connectivity index (χ1n) is 7.30. The van der Waals surface area contributed by atoms with E-state index in [0.717, 1.165) is 47.7 Å². The van der Waals surface area contributed by atoms with Crippen molar-refractivity contribution in [1.29, 1.82) is 0 Å². The minimum Gasteiger partial charge on any atom is -0.395 e. The molecule has 1 amide bonds. The summed E-state index contributed by atoms with van der Waals surface area (Å²) in [5.41, 5.74) is 2.57. The third-order valence-electron chi connectivity index (χ3n) is 3.45. The van der Waals surface area contributed by atoms with Crippen LogP contribution in [0, 0.1) is 18.8 Å². The van der Waals surface area contributed by atoms with Crippen LogP contribution >= 0.6 is 11.8 Å². The molecule has 0 spiro atoms. The molecule has 1 aromatic rings. The number of hydrogen-bond acceptors (Lipinski definition) is 3. The summed E-state index contributed by atoms with van der Waals surface area (Å²) in [6.45, 7) is 3.69. The van der Waals surface area contributed by atoms with Gasteiger partial charge in [-0.3, -0.25) is 4.79 Å². The highest BCUT2D eigenvalue weighted by atomic mass is 32.2. The largest absolute Gasteiger partial charge is 0.395 e. The van der Waals surface area contributed by atoms with Crippen molar-refractivity contribution in [2.45, 2.75) is 19.8 Å². The maximum absolute atomic E-state index is 12.7. The van der Waals surface area contributed by atoms with Crippen LogP contribution in [0.1, 0.15) is 34.3 Å². The number of nitrogens with zero attached hydrogens (tertiary/aromatic N) is 1. The quantitative estimate of drug-likeness (QED) is 0.852. The number of aliphatic hydroxyl groups excluding tert-OH is 1. The van der Waals surface area contributed by atoms with Crippen molar-refractivity contribution in [3.05, 3.63) is 34.9 Å². The first-order chi connectivity index (χ1) is 10.2. The van der Waals surface area contributed by atoms with Gasteiger partial charge in [-0.15, -0.1) is 0 Å². The molecule has 21 heavy (non-hydrogen) atoms. The van der Waals surface area contributed by atoms with E-state index in [-0.39, 0.29) is 12.5 Å². The number of carbonyl (C=O) groups excluding carboxylic acids is 1. The zero-order valence-electron chi connectivity index (χ0n) is 12.4. The number of thioether (sulfide) groups is 1. The van der Waals surface area contributed by atoms with Crippen LogP contribution in [0.3, 0.4) is 0 Å². The van der Waals surface area contributed by atoms with Crippen LogP contribution < -0.4 is 0 Å². The van der Waals surface area contributed by atoms with Crippen molar-refractivity contribution in [2.24, 2.45) is 0 Å². The molecule has 0 radical (unpaired) electrons. The highest BCUT2D eigenvalue weighted by molar-refractivity contribution is 7.99. The van der Waals surface area contributed by atoms with E-state index in [9.17, 15) is 4.79 Å². The van der Waals surface area contributed by atoms with Crippen LogP contribution in [0.4, 0.5) is 0 Å². The van der Waals surface area contributed by atoms with Gasteiger partial charge in [0.15, 0.2) is 0 Å². The van der Waals surface area contributed by atoms with Gasteiger partial charge in [-0.25, -0.2) is 0 Å². The lowest BCUT2D eigenvalue weighted by atomic mass is 10.0. The first-order valence-corrected chi connectivity index (χ1v) is 8.45. The van der Waals surface area contributed by atoms with Crippen LogP contribution in [0.25, 0.3) is 0 Å². The second-order valence-corrected chi connectivity index (χ2v) is 6.29. The number of aryl methyl sites for hydroxylation is 1. The summed E-state index contributed by atoms with van der Waals surface area (Å²) < 4.78 is 0. The molecular weight excluding hydrogens is 282 g/mol. The van der Waals surface area contributed by atoms with Gasteiger partial charge in [-0.2, -0.15) is 11.8 Å². The van der Waals surface area contributed by atoms with Gasteiger partial charge in [0.25, 0.3) is 5.91 Å². The highest BCUT2D eigenvalue weighted by Crippen LogP contribution is 2.17. The molecule has 1 heterocycles. The molecule has 112 valence electrons. The molecule has 2 rings (SSSR count). The summed E-state index contributed by atoms with van der Waals surface area (Å²) in [4.78, 5) is 14.6. The van der Waals surface area contributed by atoms with E-state index in [0.29, 0.717) is 6.42 Å². The number of benzene rings is 1. The van der Waals surface area contributed by atoms with Crippen molar-refractivity contribution < 1.29 is 9.90 Å². The molecule has 0 saturated carbocycles. The zero-order valence-corrected chi connectivity index (χ0v) is 13.2. The zero-order chi connectivity index (χ0) is 15.1. The molecule has 0 atom stereocenters. The lowest BCUT2D eigenvalue weighted by Gasteiger charge is -2.21. The van der Waals surface area contributed by atoms with Crippen LogP contribution in [-0.2, 0) is 0 Å². The van der Waals surface area contributed by atoms with Crippen molar-refractivity contribution >= 4 is 17.7 Å². The van der Waals surface area contributed by atoms with Crippen molar-refractivity contribution in [2.75, 3.05) is 31.2 Å². The molecule has 3 nitrogen and oxygen atoms in total. The van der Waals surface area contributed by atoms with Gasteiger partial charge in [-0.1, -0.05) is 17.9 Å². The Morgan fingerprint density at radius 2 is 2.24 bits per heavy atom. The standard InChI is InChI=1S/C17H21NO2S/c1-14-6-7-15(5-2-3-10-19)13-16(14)17(20)18-8-4-11-21-12-9-18/h6-7,13,19H,3-4,8-12H2,1H3. The topological polar surface area (TPSA) is 40.5 Å². The molecule has 1 saturated heterocycles. The predicted molar refractivity (Wildman–Crippen MR) is 87.6 cm³/mol. The molecule has 0 unspecified atom stereocenters. The third-order valence-corrected chi connectivity index (χ3v) is 4.50. The van der Waals surface area contributed by atoms with Crippen LogP contribution in [0.15, 0.2) is 18.2 Å². The van der Waals surface area contributed by atoms with Crippen molar-refractivity contribution in [3.8, 4) is 11.8 Å². The normalized spacial score (nSPS) is 15.0. The Kier molecular flexibility index (Phi) is 6.16. The molecule has 1 N–H and O–H groups in total. The summed E-state index contributed by atoms with van der Waals surface area (Å²) in [5, 5.41) is 8.76. The fourth-order valence-electron chi connectivity index (χ4n) is 2.27. The average Bonchev–Trinajstić information content (AvgIpc) is 2.77. The summed E-state index contributed by atoms with van der Waals surface area (Å²) in [6.07, 6.45) is 1.52. The maximum Gasteiger partial charge on any atom is 0.254 e. The van der Waals surface area contributed by atoms with Crippen LogP contribution in [0.5, 0.6) is 0 Å². The van der Waals surface area contributed by atoms with E-state index in [1.807, 2.05) is 41.8 Å². The smallest absolute Gasteiger partial charge is 0.254 e.